The topological polar surface area (TPSA) is 71.7 Å². The van der Waals surface area contributed by atoms with E-state index in [2.05, 4.69) is 5.32 Å². The van der Waals surface area contributed by atoms with E-state index in [1.165, 1.54) is 0 Å². The number of benzene rings is 1. The molecule has 2 N–H and O–H groups in total. The Morgan fingerprint density at radius 3 is 2.48 bits per heavy atom. The number of nitrogens with one attached hydrogen (secondary N) is 1. The molecule has 0 aliphatic heterocycles. The van der Waals surface area contributed by atoms with Crippen LogP contribution in [0.1, 0.15) is 28.8 Å². The van der Waals surface area contributed by atoms with Crippen LogP contribution in [0, 0.1) is 6.92 Å². The van der Waals surface area contributed by atoms with Crippen LogP contribution in [-0.4, -0.2) is 24.7 Å². The van der Waals surface area contributed by atoms with E-state index in [1.54, 1.807) is 57.4 Å². The van der Waals surface area contributed by atoms with Gasteiger partial charge in [0, 0.05) is 5.56 Å². The summed E-state index contributed by atoms with van der Waals surface area (Å²) in [6, 6.07) is 10.2. The van der Waals surface area contributed by atoms with E-state index < -0.39 is 5.60 Å². The van der Waals surface area contributed by atoms with Crippen molar-refractivity contribution in [2.45, 2.75) is 19.4 Å². The number of amides is 1. The van der Waals surface area contributed by atoms with Crippen molar-refractivity contribution in [1.29, 1.82) is 0 Å². The van der Waals surface area contributed by atoms with Crippen molar-refractivity contribution >= 4 is 5.91 Å². The number of carbonyl (C=O) groups is 1. The molecule has 0 aliphatic rings. The third-order valence-electron chi connectivity index (χ3n) is 3.22. The van der Waals surface area contributed by atoms with Crippen LogP contribution >= 0.6 is 0 Å². The smallest absolute Gasteiger partial charge is 0.251 e. The first kappa shape index (κ1) is 15.1. The average molecular weight is 289 g/mol. The van der Waals surface area contributed by atoms with E-state index in [1.807, 2.05) is 0 Å². The quantitative estimate of drug-likeness (QED) is 0.885. The highest BCUT2D eigenvalue weighted by atomic mass is 16.5. The van der Waals surface area contributed by atoms with Gasteiger partial charge in [-0.05, 0) is 50.2 Å². The van der Waals surface area contributed by atoms with Gasteiger partial charge < -0.3 is 19.6 Å². The molecule has 112 valence electrons. The minimum Gasteiger partial charge on any atom is -0.497 e. The lowest BCUT2D eigenvalue weighted by Crippen LogP contribution is -2.38. The molecule has 21 heavy (non-hydrogen) atoms. The molecule has 0 saturated heterocycles. The molecule has 0 aliphatic carbocycles. The Kier molecular flexibility index (Phi) is 4.33. The number of hydrogen-bond acceptors (Lipinski definition) is 4. The second-order valence-electron chi connectivity index (χ2n) is 5.10. The standard InChI is InChI=1S/C16H19NO4/c1-11-4-9-14(21-11)16(2,19)10-17-15(18)12-5-7-13(20-3)8-6-12/h4-9,19H,10H2,1-3H3,(H,17,18). The number of aryl methyl sites for hydroxylation is 1. The van der Waals surface area contributed by atoms with Crippen LogP contribution in [0.2, 0.25) is 0 Å². The summed E-state index contributed by atoms with van der Waals surface area (Å²) < 4.78 is 10.4. The van der Waals surface area contributed by atoms with Crippen LogP contribution < -0.4 is 10.1 Å². The predicted octanol–water partition coefficient (Wildman–Crippen LogP) is 2.23. The Morgan fingerprint density at radius 1 is 1.29 bits per heavy atom. The average Bonchev–Trinajstić information content (AvgIpc) is 2.92. The summed E-state index contributed by atoms with van der Waals surface area (Å²) in [6.45, 7) is 3.46. The van der Waals surface area contributed by atoms with Crippen LogP contribution in [0.15, 0.2) is 40.8 Å². The second-order valence-corrected chi connectivity index (χ2v) is 5.10. The fraction of sp³-hybridized carbons (Fsp3) is 0.312. The van der Waals surface area contributed by atoms with Gasteiger partial charge in [0.2, 0.25) is 0 Å². The summed E-state index contributed by atoms with van der Waals surface area (Å²) >= 11 is 0. The van der Waals surface area contributed by atoms with Crippen LogP contribution in [0.5, 0.6) is 5.75 Å². The first-order chi connectivity index (χ1) is 9.92. The van der Waals surface area contributed by atoms with Gasteiger partial charge in [-0.15, -0.1) is 0 Å². The zero-order valence-corrected chi connectivity index (χ0v) is 12.3. The van der Waals surface area contributed by atoms with Gasteiger partial charge in [0.05, 0.1) is 13.7 Å². The van der Waals surface area contributed by atoms with E-state index >= 15 is 0 Å². The molecular formula is C16H19NO4. The van der Waals surface area contributed by atoms with E-state index in [9.17, 15) is 9.90 Å². The van der Waals surface area contributed by atoms with Crippen LogP contribution in [0.25, 0.3) is 0 Å². The van der Waals surface area contributed by atoms with Crippen molar-refractivity contribution in [3.8, 4) is 5.75 Å². The zero-order chi connectivity index (χ0) is 15.5. The lowest BCUT2D eigenvalue weighted by atomic mass is 10.0. The summed E-state index contributed by atoms with van der Waals surface area (Å²) in [6.07, 6.45) is 0. The van der Waals surface area contributed by atoms with E-state index in [-0.39, 0.29) is 12.5 Å². The Morgan fingerprint density at radius 2 is 1.95 bits per heavy atom. The highest BCUT2D eigenvalue weighted by molar-refractivity contribution is 5.94. The maximum absolute atomic E-state index is 12.0. The molecule has 5 heteroatoms. The van der Waals surface area contributed by atoms with Crippen LogP contribution in [0.4, 0.5) is 0 Å². The summed E-state index contributed by atoms with van der Waals surface area (Å²) in [4.78, 5) is 12.0. The molecule has 0 bridgehead atoms. The molecule has 0 radical (unpaired) electrons. The van der Waals surface area contributed by atoms with E-state index in [4.69, 9.17) is 9.15 Å². The van der Waals surface area contributed by atoms with E-state index in [0.29, 0.717) is 22.8 Å². The molecule has 1 amide bonds. The SMILES string of the molecule is COc1ccc(C(=O)NCC(C)(O)c2ccc(C)o2)cc1. The van der Waals surface area contributed by atoms with Gasteiger partial charge in [-0.1, -0.05) is 0 Å². The van der Waals surface area contributed by atoms with Crippen molar-refractivity contribution < 1.29 is 19.1 Å². The number of carbonyl (C=O) groups excluding carboxylic acids is 1. The van der Waals surface area contributed by atoms with Gasteiger partial charge in [-0.3, -0.25) is 4.79 Å². The van der Waals surface area contributed by atoms with Gasteiger partial charge in [-0.2, -0.15) is 0 Å². The maximum atomic E-state index is 12.0. The molecule has 1 aromatic carbocycles. The number of aliphatic hydroxyl groups is 1. The fourth-order valence-electron chi connectivity index (χ4n) is 1.91. The number of hydrogen-bond donors (Lipinski definition) is 2. The third-order valence-corrected chi connectivity index (χ3v) is 3.22. The molecular weight excluding hydrogens is 270 g/mol. The lowest BCUT2D eigenvalue weighted by Gasteiger charge is -2.21. The number of rotatable bonds is 5. The summed E-state index contributed by atoms with van der Waals surface area (Å²) in [5, 5.41) is 13.0. The molecule has 2 aromatic rings. The van der Waals surface area contributed by atoms with Crippen molar-refractivity contribution in [2.24, 2.45) is 0 Å². The number of furan rings is 1. The molecule has 0 fully saturated rings. The Balaban J connectivity index is 1.99. The molecule has 1 unspecified atom stereocenters. The monoisotopic (exact) mass is 289 g/mol. The molecule has 0 spiro atoms. The van der Waals surface area contributed by atoms with Crippen molar-refractivity contribution in [3.05, 3.63) is 53.5 Å². The molecule has 1 heterocycles. The highest BCUT2D eigenvalue weighted by Gasteiger charge is 2.27. The molecule has 1 aromatic heterocycles. The summed E-state index contributed by atoms with van der Waals surface area (Å²) in [7, 11) is 1.57. The maximum Gasteiger partial charge on any atom is 0.251 e. The molecule has 2 rings (SSSR count). The Bertz CT molecular complexity index is 613. The van der Waals surface area contributed by atoms with Gasteiger partial charge in [-0.25, -0.2) is 0 Å². The normalized spacial score (nSPS) is 13.5. The Labute approximate surface area is 123 Å². The van der Waals surface area contributed by atoms with Gasteiger partial charge in [0.1, 0.15) is 22.9 Å². The second kappa shape index (κ2) is 6.01. The number of ether oxygens (including phenoxy) is 1. The van der Waals surface area contributed by atoms with Gasteiger partial charge in [0.25, 0.3) is 5.91 Å². The van der Waals surface area contributed by atoms with Crippen LogP contribution in [-0.2, 0) is 5.60 Å². The largest absolute Gasteiger partial charge is 0.497 e. The van der Waals surface area contributed by atoms with Crippen molar-refractivity contribution in [1.82, 2.24) is 5.32 Å². The minimum atomic E-state index is -1.25. The van der Waals surface area contributed by atoms with E-state index in [0.717, 1.165) is 0 Å². The summed E-state index contributed by atoms with van der Waals surface area (Å²) in [5.41, 5.74) is -0.752. The van der Waals surface area contributed by atoms with Crippen molar-refractivity contribution in [2.75, 3.05) is 13.7 Å². The van der Waals surface area contributed by atoms with Gasteiger partial charge >= 0.3 is 0 Å². The fourth-order valence-corrected chi connectivity index (χ4v) is 1.91. The molecule has 5 nitrogen and oxygen atoms in total. The molecule has 0 saturated carbocycles. The van der Waals surface area contributed by atoms with Crippen LogP contribution in [0.3, 0.4) is 0 Å². The first-order valence-corrected chi connectivity index (χ1v) is 6.64. The number of methoxy groups -OCH3 is 1. The highest BCUT2D eigenvalue weighted by Crippen LogP contribution is 2.22. The third kappa shape index (κ3) is 3.64. The Hall–Kier alpha value is -2.27. The van der Waals surface area contributed by atoms with Gasteiger partial charge in [0.15, 0.2) is 0 Å². The molecule has 1 atom stereocenters. The minimum absolute atomic E-state index is 0.0603. The predicted molar refractivity (Wildman–Crippen MR) is 78.3 cm³/mol. The summed E-state index contributed by atoms with van der Waals surface area (Å²) in [5.74, 6) is 1.56. The lowest BCUT2D eigenvalue weighted by molar-refractivity contribution is 0.0323. The van der Waals surface area contributed by atoms with Crippen molar-refractivity contribution in [3.63, 3.8) is 0 Å². The zero-order valence-electron chi connectivity index (χ0n) is 12.3. The first-order valence-electron chi connectivity index (χ1n) is 6.64.